The van der Waals surface area contributed by atoms with Gasteiger partial charge in [0.1, 0.15) is 18.1 Å². The number of fused-ring (bicyclic) bond motifs is 1. The highest BCUT2D eigenvalue weighted by molar-refractivity contribution is 6.33. The van der Waals surface area contributed by atoms with Gasteiger partial charge < -0.3 is 10.1 Å². The maximum Gasteiger partial charge on any atom is 0.181 e. The Kier molecular flexibility index (Phi) is 5.20. The number of pyridine rings is 1. The third kappa shape index (κ3) is 4.22. The molecule has 0 amide bonds. The van der Waals surface area contributed by atoms with Crippen molar-refractivity contribution in [2.24, 2.45) is 0 Å². The minimum atomic E-state index is -0.146. The van der Waals surface area contributed by atoms with Gasteiger partial charge in [0.05, 0.1) is 5.02 Å². The second-order valence-corrected chi connectivity index (χ2v) is 8.41. The van der Waals surface area contributed by atoms with Crippen LogP contribution in [0, 0.1) is 0 Å². The third-order valence-electron chi connectivity index (χ3n) is 4.47. The van der Waals surface area contributed by atoms with Crippen LogP contribution in [0.4, 0.5) is 5.82 Å². The number of aromatic nitrogens is 2. The predicted octanol–water partition coefficient (Wildman–Crippen LogP) is 6.44. The fourth-order valence-corrected chi connectivity index (χ4v) is 3.43. The van der Waals surface area contributed by atoms with Crippen molar-refractivity contribution in [3.63, 3.8) is 0 Å². The zero-order chi connectivity index (χ0) is 20.4. The van der Waals surface area contributed by atoms with E-state index in [0.717, 1.165) is 34.0 Å². The number of rotatable bonds is 5. The first-order chi connectivity index (χ1) is 13.9. The van der Waals surface area contributed by atoms with Gasteiger partial charge >= 0.3 is 0 Å². The minimum Gasteiger partial charge on any atom is -0.485 e. The molecule has 4 rings (SSSR count). The first kappa shape index (κ1) is 19.3. The fraction of sp³-hybridized carbons (Fsp3) is 0.208. The molecule has 0 atom stereocenters. The Balaban J connectivity index is 1.82. The van der Waals surface area contributed by atoms with E-state index in [1.54, 1.807) is 0 Å². The molecule has 1 N–H and O–H groups in total. The predicted molar refractivity (Wildman–Crippen MR) is 120 cm³/mol. The molecule has 148 valence electrons. The lowest BCUT2D eigenvalue weighted by Gasteiger charge is -2.22. The lowest BCUT2D eigenvalue weighted by molar-refractivity contribution is 0.308. The third-order valence-corrected chi connectivity index (χ3v) is 4.80. The van der Waals surface area contributed by atoms with Crippen LogP contribution < -0.4 is 10.1 Å². The molecule has 0 spiro atoms. The van der Waals surface area contributed by atoms with Crippen molar-refractivity contribution in [1.82, 2.24) is 9.38 Å². The number of nitrogens with one attached hydrogen (secondary N) is 1. The van der Waals surface area contributed by atoms with Crippen LogP contribution in [-0.2, 0) is 6.61 Å². The maximum atomic E-state index is 6.50. The number of hydrogen-bond acceptors (Lipinski definition) is 3. The highest BCUT2D eigenvalue weighted by atomic mass is 35.5. The van der Waals surface area contributed by atoms with Crippen molar-refractivity contribution in [1.29, 1.82) is 0 Å². The summed E-state index contributed by atoms with van der Waals surface area (Å²) in [6.45, 7) is 6.85. The molecular weight excluding hydrogens is 382 g/mol. The molecule has 4 nitrogen and oxygen atoms in total. The Morgan fingerprint density at radius 2 is 1.69 bits per heavy atom. The van der Waals surface area contributed by atoms with Gasteiger partial charge in [-0.15, -0.1) is 0 Å². The average molecular weight is 406 g/mol. The Labute approximate surface area is 176 Å². The van der Waals surface area contributed by atoms with Crippen LogP contribution in [0.3, 0.4) is 0 Å². The molecule has 5 heteroatoms. The van der Waals surface area contributed by atoms with E-state index < -0.39 is 0 Å². The van der Waals surface area contributed by atoms with Crippen LogP contribution in [0.25, 0.3) is 16.9 Å². The molecule has 0 saturated heterocycles. The molecule has 0 fully saturated rings. The van der Waals surface area contributed by atoms with E-state index in [1.807, 2.05) is 77.3 Å². The molecule has 0 bridgehead atoms. The minimum absolute atomic E-state index is 0.146. The molecule has 29 heavy (non-hydrogen) atoms. The molecule has 0 aliphatic carbocycles. The maximum absolute atomic E-state index is 6.50. The molecule has 0 unspecified atom stereocenters. The Bertz CT molecular complexity index is 1130. The molecule has 0 aliphatic heterocycles. The summed E-state index contributed by atoms with van der Waals surface area (Å²) in [6.07, 6.45) is 1.99. The van der Waals surface area contributed by atoms with Crippen molar-refractivity contribution in [2.75, 3.05) is 5.32 Å². The van der Waals surface area contributed by atoms with Gasteiger partial charge in [0.2, 0.25) is 0 Å². The van der Waals surface area contributed by atoms with Gasteiger partial charge in [0.25, 0.3) is 0 Å². The van der Waals surface area contributed by atoms with Crippen molar-refractivity contribution in [3.8, 4) is 17.0 Å². The van der Waals surface area contributed by atoms with Crippen molar-refractivity contribution >= 4 is 23.1 Å². The van der Waals surface area contributed by atoms with E-state index in [2.05, 4.69) is 26.1 Å². The first-order valence-corrected chi connectivity index (χ1v) is 10.0. The molecule has 2 aromatic carbocycles. The summed E-state index contributed by atoms with van der Waals surface area (Å²) < 4.78 is 8.16. The Hall–Kier alpha value is -2.98. The highest BCUT2D eigenvalue weighted by Crippen LogP contribution is 2.37. The monoisotopic (exact) mass is 405 g/mol. The van der Waals surface area contributed by atoms with Gasteiger partial charge in [-0.05, 0) is 44.5 Å². The van der Waals surface area contributed by atoms with Gasteiger partial charge in [-0.3, -0.25) is 4.40 Å². The zero-order valence-electron chi connectivity index (χ0n) is 16.8. The number of halogens is 1. The number of ether oxygens (including phenoxy) is 1. The molecular formula is C24H24ClN3O. The van der Waals surface area contributed by atoms with E-state index in [-0.39, 0.29) is 5.54 Å². The lowest BCUT2D eigenvalue weighted by Crippen LogP contribution is -2.27. The van der Waals surface area contributed by atoms with Crippen molar-refractivity contribution in [3.05, 3.63) is 83.5 Å². The van der Waals surface area contributed by atoms with Gasteiger partial charge in [-0.1, -0.05) is 60.1 Å². The van der Waals surface area contributed by atoms with Crippen LogP contribution in [0.2, 0.25) is 5.02 Å². The Morgan fingerprint density at radius 3 is 2.41 bits per heavy atom. The number of benzene rings is 2. The topological polar surface area (TPSA) is 38.6 Å². The molecule has 0 aliphatic rings. The largest absolute Gasteiger partial charge is 0.485 e. The van der Waals surface area contributed by atoms with Crippen LogP contribution in [0.1, 0.15) is 26.3 Å². The van der Waals surface area contributed by atoms with Crippen molar-refractivity contribution < 1.29 is 4.74 Å². The summed E-state index contributed by atoms with van der Waals surface area (Å²) in [6, 6.07) is 21.8. The average Bonchev–Trinajstić information content (AvgIpc) is 3.05. The number of anilines is 1. The van der Waals surface area contributed by atoms with E-state index in [0.29, 0.717) is 11.6 Å². The number of imidazole rings is 1. The summed E-state index contributed by atoms with van der Waals surface area (Å²) in [4.78, 5) is 4.93. The van der Waals surface area contributed by atoms with Gasteiger partial charge in [0, 0.05) is 17.3 Å². The van der Waals surface area contributed by atoms with E-state index in [9.17, 15) is 0 Å². The van der Waals surface area contributed by atoms with Crippen LogP contribution in [0.5, 0.6) is 5.75 Å². The molecule has 2 heterocycles. The first-order valence-electron chi connectivity index (χ1n) is 9.63. The summed E-state index contributed by atoms with van der Waals surface area (Å²) in [7, 11) is 0. The summed E-state index contributed by atoms with van der Waals surface area (Å²) in [5.41, 5.74) is 3.41. The summed E-state index contributed by atoms with van der Waals surface area (Å²) in [5.74, 6) is 1.62. The SMILES string of the molecule is CC(C)(C)Nc1c(-c2ccccc2Cl)nc2c(OCc3ccccc3)cccn12. The lowest BCUT2D eigenvalue weighted by atomic mass is 10.1. The summed E-state index contributed by atoms with van der Waals surface area (Å²) in [5, 5.41) is 4.25. The van der Waals surface area contributed by atoms with E-state index >= 15 is 0 Å². The fourth-order valence-electron chi connectivity index (χ4n) is 3.21. The van der Waals surface area contributed by atoms with Crippen molar-refractivity contribution in [2.45, 2.75) is 32.9 Å². The number of nitrogens with zero attached hydrogens (tertiary/aromatic N) is 2. The van der Waals surface area contributed by atoms with E-state index in [4.69, 9.17) is 21.3 Å². The molecule has 0 saturated carbocycles. The Morgan fingerprint density at radius 1 is 0.966 bits per heavy atom. The van der Waals surface area contributed by atoms with Gasteiger partial charge in [-0.25, -0.2) is 4.98 Å². The standard InChI is InChI=1S/C24H24ClN3O/c1-24(2,3)27-23-21(18-12-7-8-13-19(18)25)26-22-20(14-9-15-28(22)23)29-16-17-10-5-4-6-11-17/h4-15,27H,16H2,1-3H3. The number of hydrogen-bond donors (Lipinski definition) is 1. The normalized spacial score (nSPS) is 11.6. The molecule has 4 aromatic rings. The second kappa shape index (κ2) is 7.80. The quantitative estimate of drug-likeness (QED) is 0.415. The zero-order valence-corrected chi connectivity index (χ0v) is 17.6. The molecule has 2 aromatic heterocycles. The van der Waals surface area contributed by atoms with Gasteiger partial charge in [-0.2, -0.15) is 0 Å². The van der Waals surface area contributed by atoms with E-state index in [1.165, 1.54) is 0 Å². The smallest absolute Gasteiger partial charge is 0.181 e. The molecule has 0 radical (unpaired) electrons. The van der Waals surface area contributed by atoms with Crippen LogP contribution in [-0.4, -0.2) is 14.9 Å². The van der Waals surface area contributed by atoms with Gasteiger partial charge in [0.15, 0.2) is 11.4 Å². The van der Waals surface area contributed by atoms with Crippen LogP contribution in [0.15, 0.2) is 72.9 Å². The second-order valence-electron chi connectivity index (χ2n) is 8.00. The summed E-state index contributed by atoms with van der Waals surface area (Å²) >= 11 is 6.50. The van der Waals surface area contributed by atoms with Crippen LogP contribution >= 0.6 is 11.6 Å². The highest BCUT2D eigenvalue weighted by Gasteiger charge is 2.22.